The number of allylic oxidation sites excluding steroid dienone is 1. The minimum atomic E-state index is -0.391. The molecule has 0 N–H and O–H groups in total. The van der Waals surface area contributed by atoms with Crippen LogP contribution in [0.3, 0.4) is 0 Å². The first-order chi connectivity index (χ1) is 10.6. The van der Waals surface area contributed by atoms with Crippen molar-refractivity contribution in [3.05, 3.63) is 76.4 Å². The first-order valence-electron chi connectivity index (χ1n) is 7.89. The molecule has 0 spiro atoms. The van der Waals surface area contributed by atoms with Crippen molar-refractivity contribution in [1.82, 2.24) is 0 Å². The molecule has 114 valence electrons. The van der Waals surface area contributed by atoms with E-state index >= 15 is 0 Å². The molecule has 1 saturated carbocycles. The highest BCUT2D eigenvalue weighted by atomic mass is 19.1. The molecule has 2 aromatic rings. The molecule has 0 aliphatic heterocycles. The van der Waals surface area contributed by atoms with Gasteiger partial charge in [-0.3, -0.25) is 0 Å². The second-order valence-corrected chi connectivity index (χ2v) is 6.03. The standard InChI is InChI=1S/C20H20F2/c1-14-7-9-16(10-8-14)20(15-5-3-2-4-6-15)18-13-17(21)11-12-19(18)22/h7-13H,2-6H2,1H3. The minimum absolute atomic E-state index is 0.352. The van der Waals surface area contributed by atoms with Gasteiger partial charge in [-0.2, -0.15) is 0 Å². The van der Waals surface area contributed by atoms with Crippen molar-refractivity contribution in [3.8, 4) is 0 Å². The topological polar surface area (TPSA) is 0 Å². The van der Waals surface area contributed by atoms with Crippen molar-refractivity contribution in [2.45, 2.75) is 39.0 Å². The number of benzene rings is 2. The molecule has 0 atom stereocenters. The Bertz CT molecular complexity index is 688. The third-order valence-electron chi connectivity index (χ3n) is 4.35. The summed E-state index contributed by atoms with van der Waals surface area (Å²) in [6.07, 6.45) is 5.41. The maximum atomic E-state index is 14.3. The van der Waals surface area contributed by atoms with Gasteiger partial charge in [0.2, 0.25) is 0 Å². The number of hydrogen-bond donors (Lipinski definition) is 0. The average molecular weight is 298 g/mol. The van der Waals surface area contributed by atoms with Crippen LogP contribution in [0, 0.1) is 18.6 Å². The van der Waals surface area contributed by atoms with Gasteiger partial charge in [-0.05, 0) is 61.9 Å². The number of aryl methyl sites for hydroxylation is 1. The quantitative estimate of drug-likeness (QED) is 0.634. The van der Waals surface area contributed by atoms with E-state index in [2.05, 4.69) is 0 Å². The van der Waals surface area contributed by atoms with Gasteiger partial charge in [-0.25, -0.2) is 8.78 Å². The summed E-state index contributed by atoms with van der Waals surface area (Å²) in [5.74, 6) is -0.743. The number of halogens is 2. The second kappa shape index (κ2) is 6.43. The molecular weight excluding hydrogens is 278 g/mol. The van der Waals surface area contributed by atoms with Crippen molar-refractivity contribution in [2.75, 3.05) is 0 Å². The Morgan fingerprint density at radius 3 is 2.23 bits per heavy atom. The molecule has 0 nitrogen and oxygen atoms in total. The van der Waals surface area contributed by atoms with E-state index in [4.69, 9.17) is 0 Å². The summed E-state index contributed by atoms with van der Waals surface area (Å²) in [4.78, 5) is 0. The van der Waals surface area contributed by atoms with E-state index in [1.807, 2.05) is 31.2 Å². The van der Waals surface area contributed by atoms with Crippen molar-refractivity contribution >= 4 is 5.57 Å². The molecule has 22 heavy (non-hydrogen) atoms. The minimum Gasteiger partial charge on any atom is -0.207 e. The largest absolute Gasteiger partial charge is 0.207 e. The van der Waals surface area contributed by atoms with Gasteiger partial charge in [0.05, 0.1) is 0 Å². The van der Waals surface area contributed by atoms with Gasteiger partial charge in [0.15, 0.2) is 0 Å². The molecule has 3 rings (SSSR count). The molecule has 0 bridgehead atoms. The van der Waals surface area contributed by atoms with E-state index in [0.717, 1.165) is 42.4 Å². The lowest BCUT2D eigenvalue weighted by Crippen LogP contribution is -2.02. The molecule has 1 aliphatic rings. The van der Waals surface area contributed by atoms with E-state index in [9.17, 15) is 8.78 Å². The predicted octanol–water partition coefficient (Wildman–Crippen LogP) is 6.04. The van der Waals surface area contributed by atoms with E-state index in [1.165, 1.54) is 30.2 Å². The zero-order valence-electron chi connectivity index (χ0n) is 12.8. The molecule has 0 radical (unpaired) electrons. The lowest BCUT2D eigenvalue weighted by Gasteiger charge is -2.21. The van der Waals surface area contributed by atoms with Crippen LogP contribution in [0.5, 0.6) is 0 Å². The van der Waals surface area contributed by atoms with E-state index in [1.54, 1.807) is 0 Å². The van der Waals surface area contributed by atoms with Crippen LogP contribution < -0.4 is 0 Å². The molecule has 0 heterocycles. The molecular formula is C20H20F2. The van der Waals surface area contributed by atoms with Crippen molar-refractivity contribution in [1.29, 1.82) is 0 Å². The fourth-order valence-corrected chi connectivity index (χ4v) is 3.19. The third kappa shape index (κ3) is 3.11. The maximum absolute atomic E-state index is 14.3. The monoisotopic (exact) mass is 298 g/mol. The summed E-state index contributed by atoms with van der Waals surface area (Å²) < 4.78 is 28.0. The van der Waals surface area contributed by atoms with Gasteiger partial charge in [-0.1, -0.05) is 41.8 Å². The fraction of sp³-hybridized carbons (Fsp3) is 0.300. The molecule has 1 aliphatic carbocycles. The first-order valence-corrected chi connectivity index (χ1v) is 7.89. The Labute approximate surface area is 130 Å². The van der Waals surface area contributed by atoms with Crippen LogP contribution in [0.25, 0.3) is 5.57 Å². The van der Waals surface area contributed by atoms with Gasteiger partial charge < -0.3 is 0 Å². The van der Waals surface area contributed by atoms with Crippen LogP contribution in [0.4, 0.5) is 8.78 Å². The molecule has 2 heteroatoms. The SMILES string of the molecule is Cc1ccc(C(=C2CCCCC2)c2cc(F)ccc2F)cc1. The van der Waals surface area contributed by atoms with E-state index in [0.29, 0.717) is 5.56 Å². The van der Waals surface area contributed by atoms with Crippen LogP contribution in [0.15, 0.2) is 48.0 Å². The van der Waals surface area contributed by atoms with Gasteiger partial charge in [0.25, 0.3) is 0 Å². The molecule has 0 saturated heterocycles. The van der Waals surface area contributed by atoms with Gasteiger partial charge >= 0.3 is 0 Å². The van der Waals surface area contributed by atoms with E-state index in [-0.39, 0.29) is 5.82 Å². The first kappa shape index (κ1) is 15.0. The predicted molar refractivity (Wildman–Crippen MR) is 86.6 cm³/mol. The number of rotatable bonds is 2. The zero-order valence-corrected chi connectivity index (χ0v) is 12.8. The molecule has 1 fully saturated rings. The van der Waals surface area contributed by atoms with E-state index < -0.39 is 5.82 Å². The smallest absolute Gasteiger partial charge is 0.131 e. The summed E-state index contributed by atoms with van der Waals surface area (Å²) in [7, 11) is 0. The van der Waals surface area contributed by atoms with Crippen LogP contribution in [0.2, 0.25) is 0 Å². The Hall–Kier alpha value is -1.96. The highest BCUT2D eigenvalue weighted by molar-refractivity contribution is 5.82. The Balaban J connectivity index is 2.18. The summed E-state index contributed by atoms with van der Waals surface area (Å²) in [6.45, 7) is 2.03. The molecule has 0 amide bonds. The molecule has 2 aromatic carbocycles. The summed E-state index contributed by atoms with van der Waals surface area (Å²) >= 11 is 0. The van der Waals surface area contributed by atoms with Crippen LogP contribution in [0.1, 0.15) is 48.8 Å². The molecule has 0 unspecified atom stereocenters. The highest BCUT2D eigenvalue weighted by Crippen LogP contribution is 2.36. The summed E-state index contributed by atoms with van der Waals surface area (Å²) in [5.41, 5.74) is 4.67. The van der Waals surface area contributed by atoms with Crippen molar-refractivity contribution in [3.63, 3.8) is 0 Å². The normalized spacial score (nSPS) is 15.0. The van der Waals surface area contributed by atoms with Crippen LogP contribution in [-0.2, 0) is 0 Å². The van der Waals surface area contributed by atoms with Gasteiger partial charge in [0.1, 0.15) is 11.6 Å². The average Bonchev–Trinajstić information content (AvgIpc) is 2.54. The molecule has 0 aromatic heterocycles. The van der Waals surface area contributed by atoms with Crippen LogP contribution in [-0.4, -0.2) is 0 Å². The van der Waals surface area contributed by atoms with Crippen molar-refractivity contribution < 1.29 is 8.78 Å². The van der Waals surface area contributed by atoms with Gasteiger partial charge in [0, 0.05) is 5.56 Å². The summed E-state index contributed by atoms with van der Waals surface area (Å²) in [6, 6.07) is 11.8. The zero-order chi connectivity index (χ0) is 15.5. The Morgan fingerprint density at radius 2 is 1.55 bits per heavy atom. The fourth-order valence-electron chi connectivity index (χ4n) is 3.19. The third-order valence-corrected chi connectivity index (χ3v) is 4.35. The number of hydrogen-bond acceptors (Lipinski definition) is 0. The lowest BCUT2D eigenvalue weighted by molar-refractivity contribution is 0.590. The van der Waals surface area contributed by atoms with Gasteiger partial charge in [-0.15, -0.1) is 0 Å². The maximum Gasteiger partial charge on any atom is 0.131 e. The van der Waals surface area contributed by atoms with Crippen LogP contribution >= 0.6 is 0 Å². The summed E-state index contributed by atoms with van der Waals surface area (Å²) in [5, 5.41) is 0. The highest BCUT2D eigenvalue weighted by Gasteiger charge is 2.18. The Kier molecular flexibility index (Phi) is 4.37. The second-order valence-electron chi connectivity index (χ2n) is 6.03. The Morgan fingerprint density at radius 1 is 0.864 bits per heavy atom. The lowest BCUT2D eigenvalue weighted by atomic mass is 9.84. The van der Waals surface area contributed by atoms with Crippen molar-refractivity contribution in [2.24, 2.45) is 0 Å².